The van der Waals surface area contributed by atoms with Gasteiger partial charge in [-0.25, -0.2) is 0 Å². The van der Waals surface area contributed by atoms with Gasteiger partial charge in [-0.15, -0.1) is 12.4 Å². The van der Waals surface area contributed by atoms with Crippen molar-refractivity contribution in [1.82, 2.24) is 4.90 Å². The summed E-state index contributed by atoms with van der Waals surface area (Å²) in [4.78, 5) is 15.2. The Morgan fingerprint density at radius 1 is 1.18 bits per heavy atom. The van der Waals surface area contributed by atoms with Crippen molar-refractivity contribution in [3.63, 3.8) is 0 Å². The van der Waals surface area contributed by atoms with Crippen molar-refractivity contribution in [2.24, 2.45) is 0 Å². The number of para-hydroxylation sites is 1. The van der Waals surface area contributed by atoms with E-state index in [0.29, 0.717) is 28.4 Å². The highest BCUT2D eigenvalue weighted by Crippen LogP contribution is 2.53. The van der Waals surface area contributed by atoms with Gasteiger partial charge in [-0.1, -0.05) is 17.8 Å². The maximum absolute atomic E-state index is 13.6. The lowest BCUT2D eigenvalue weighted by Gasteiger charge is -2.35. The third-order valence-electron chi connectivity index (χ3n) is 4.23. The number of non-ortho nitro benzene ring substituents is 1. The highest BCUT2D eigenvalue weighted by molar-refractivity contribution is 7.99. The number of hydrogen-bond acceptors (Lipinski definition) is 5. The first kappa shape index (κ1) is 22.3. The number of benzene rings is 2. The Morgan fingerprint density at radius 3 is 2.50 bits per heavy atom. The summed E-state index contributed by atoms with van der Waals surface area (Å²) in [7, 11) is 3.80. The van der Waals surface area contributed by atoms with Gasteiger partial charge in [0.15, 0.2) is 0 Å². The Hall–Kier alpha value is -1.97. The van der Waals surface area contributed by atoms with E-state index < -0.39 is 16.7 Å². The molecule has 0 saturated carbocycles. The van der Waals surface area contributed by atoms with Crippen molar-refractivity contribution in [2.75, 3.05) is 32.1 Å². The molecule has 2 aromatic carbocycles. The van der Waals surface area contributed by atoms with Crippen LogP contribution in [0.5, 0.6) is 0 Å². The molecule has 2 aromatic rings. The maximum atomic E-state index is 13.6. The molecule has 10 heteroatoms. The first-order chi connectivity index (χ1) is 12.7. The molecule has 0 aromatic heterocycles. The van der Waals surface area contributed by atoms with Crippen LogP contribution in [0.1, 0.15) is 12.0 Å². The van der Waals surface area contributed by atoms with Crippen molar-refractivity contribution >= 4 is 41.2 Å². The van der Waals surface area contributed by atoms with Gasteiger partial charge in [0.1, 0.15) is 0 Å². The Kier molecular flexibility index (Phi) is 6.84. The number of halogens is 4. The lowest BCUT2D eigenvalue weighted by atomic mass is 10.1. The zero-order valence-electron chi connectivity index (χ0n) is 15.2. The quantitative estimate of drug-likeness (QED) is 0.454. The smallest absolute Gasteiger partial charge is 0.339 e. The largest absolute Gasteiger partial charge is 0.418 e. The molecule has 0 spiro atoms. The van der Waals surface area contributed by atoms with Gasteiger partial charge in [-0.2, -0.15) is 13.2 Å². The average Bonchev–Trinajstić information content (AvgIpc) is 2.58. The van der Waals surface area contributed by atoms with Crippen LogP contribution in [0.15, 0.2) is 46.2 Å². The minimum absolute atomic E-state index is 0. The monoisotopic (exact) mass is 433 g/mol. The number of alkyl halides is 3. The third kappa shape index (κ3) is 4.53. The summed E-state index contributed by atoms with van der Waals surface area (Å²) >= 11 is 1.13. The molecule has 1 aliphatic heterocycles. The number of fused-ring (bicyclic) bond motifs is 2. The van der Waals surface area contributed by atoms with Crippen LogP contribution in [0.25, 0.3) is 0 Å². The van der Waals surface area contributed by atoms with Gasteiger partial charge in [0.05, 0.1) is 21.9 Å². The van der Waals surface area contributed by atoms with E-state index in [1.807, 2.05) is 19.0 Å². The Bertz CT molecular complexity index is 878. The molecule has 5 nitrogen and oxygen atoms in total. The summed E-state index contributed by atoms with van der Waals surface area (Å²) in [5.74, 6) is 0. The van der Waals surface area contributed by atoms with E-state index >= 15 is 0 Å². The molecule has 0 aliphatic carbocycles. The van der Waals surface area contributed by atoms with Gasteiger partial charge in [-0.05, 0) is 45.3 Å². The number of anilines is 2. The Balaban J connectivity index is 0.00000280. The van der Waals surface area contributed by atoms with Crippen LogP contribution in [-0.2, 0) is 6.18 Å². The van der Waals surface area contributed by atoms with Gasteiger partial charge < -0.3 is 9.80 Å². The van der Waals surface area contributed by atoms with Crippen LogP contribution >= 0.6 is 24.2 Å². The molecule has 1 heterocycles. The fourth-order valence-corrected chi connectivity index (χ4v) is 4.21. The fraction of sp³-hybridized carbons (Fsp3) is 0.333. The fourth-order valence-electron chi connectivity index (χ4n) is 3.05. The van der Waals surface area contributed by atoms with Crippen molar-refractivity contribution in [3.05, 3.63) is 52.1 Å². The van der Waals surface area contributed by atoms with E-state index in [1.54, 1.807) is 11.0 Å². The zero-order valence-corrected chi connectivity index (χ0v) is 16.8. The molecule has 152 valence electrons. The Labute approximate surface area is 171 Å². The molecule has 0 bridgehead atoms. The summed E-state index contributed by atoms with van der Waals surface area (Å²) in [6, 6.07) is 8.35. The van der Waals surface area contributed by atoms with Crippen molar-refractivity contribution in [2.45, 2.75) is 22.4 Å². The molecule has 1 aliphatic rings. The topological polar surface area (TPSA) is 49.6 Å². The van der Waals surface area contributed by atoms with Crippen LogP contribution in [0.2, 0.25) is 0 Å². The molecule has 0 fully saturated rings. The summed E-state index contributed by atoms with van der Waals surface area (Å²) in [5, 5.41) is 11.1. The molecular formula is C18H19ClF3N3O2S. The number of nitro groups is 1. The molecular weight excluding hydrogens is 415 g/mol. The summed E-state index contributed by atoms with van der Waals surface area (Å²) in [6.07, 6.45) is -3.83. The minimum atomic E-state index is -4.48. The summed E-state index contributed by atoms with van der Waals surface area (Å²) in [5.41, 5.74) is -0.0880. The van der Waals surface area contributed by atoms with Crippen LogP contribution in [0, 0.1) is 10.1 Å². The second kappa shape index (κ2) is 8.59. The molecule has 0 saturated heterocycles. The average molecular weight is 434 g/mol. The van der Waals surface area contributed by atoms with E-state index in [0.717, 1.165) is 24.4 Å². The lowest BCUT2D eigenvalue weighted by Crippen LogP contribution is -2.27. The second-order valence-electron chi connectivity index (χ2n) is 6.47. The van der Waals surface area contributed by atoms with Gasteiger partial charge in [0.2, 0.25) is 0 Å². The number of nitro benzene ring substituents is 1. The predicted molar refractivity (Wildman–Crippen MR) is 106 cm³/mol. The van der Waals surface area contributed by atoms with Gasteiger partial charge in [0, 0.05) is 28.5 Å². The van der Waals surface area contributed by atoms with E-state index in [2.05, 4.69) is 0 Å². The Morgan fingerprint density at radius 2 is 1.89 bits per heavy atom. The highest BCUT2D eigenvalue weighted by Gasteiger charge is 2.38. The SMILES string of the molecule is CN(C)CCCN1c2ccc([N+](=O)[O-])cc2Sc2cccc(C(F)(F)F)c21.Cl. The number of rotatable bonds is 5. The van der Waals surface area contributed by atoms with Crippen molar-refractivity contribution < 1.29 is 18.1 Å². The maximum Gasteiger partial charge on any atom is 0.418 e. The van der Waals surface area contributed by atoms with E-state index in [1.165, 1.54) is 24.3 Å². The van der Waals surface area contributed by atoms with Gasteiger partial charge in [-0.3, -0.25) is 10.1 Å². The molecule has 0 N–H and O–H groups in total. The summed E-state index contributed by atoms with van der Waals surface area (Å²) < 4.78 is 40.8. The minimum Gasteiger partial charge on any atom is -0.339 e. The normalized spacial score (nSPS) is 13.0. The van der Waals surface area contributed by atoms with Gasteiger partial charge in [0.25, 0.3) is 5.69 Å². The third-order valence-corrected chi connectivity index (χ3v) is 5.32. The number of nitrogens with zero attached hydrogens (tertiary/aromatic N) is 3. The first-order valence-electron chi connectivity index (χ1n) is 8.27. The van der Waals surface area contributed by atoms with E-state index in [4.69, 9.17) is 0 Å². The van der Waals surface area contributed by atoms with Crippen LogP contribution < -0.4 is 4.90 Å². The first-order valence-corrected chi connectivity index (χ1v) is 9.09. The standard InChI is InChI=1S/C18H18F3N3O2S.ClH/c1-22(2)9-4-10-23-14-8-7-12(24(25)26)11-16(14)27-15-6-3-5-13(17(15)23)18(19,20)21;/h3,5-8,11H,4,9-10H2,1-2H3;1H. The van der Waals surface area contributed by atoms with Crippen molar-refractivity contribution in [3.8, 4) is 0 Å². The van der Waals surface area contributed by atoms with Crippen LogP contribution in [0.3, 0.4) is 0 Å². The summed E-state index contributed by atoms with van der Waals surface area (Å²) in [6.45, 7) is 1.10. The highest BCUT2D eigenvalue weighted by atomic mass is 35.5. The van der Waals surface area contributed by atoms with Crippen LogP contribution in [-0.4, -0.2) is 37.0 Å². The van der Waals surface area contributed by atoms with Gasteiger partial charge >= 0.3 is 6.18 Å². The predicted octanol–water partition coefficient (Wildman–Crippen LogP) is 5.59. The number of hydrogen-bond donors (Lipinski definition) is 0. The molecule has 3 rings (SSSR count). The van der Waals surface area contributed by atoms with Crippen LogP contribution in [0.4, 0.5) is 30.2 Å². The van der Waals surface area contributed by atoms with E-state index in [9.17, 15) is 23.3 Å². The van der Waals surface area contributed by atoms with E-state index in [-0.39, 0.29) is 23.8 Å². The molecule has 0 unspecified atom stereocenters. The molecule has 0 radical (unpaired) electrons. The molecule has 28 heavy (non-hydrogen) atoms. The lowest BCUT2D eigenvalue weighted by molar-refractivity contribution is -0.385. The molecule has 0 atom stereocenters. The zero-order chi connectivity index (χ0) is 19.8. The molecule has 0 amide bonds. The second-order valence-corrected chi connectivity index (χ2v) is 7.55. The van der Waals surface area contributed by atoms with Crippen molar-refractivity contribution in [1.29, 1.82) is 0 Å².